The molecule has 28 heavy (non-hydrogen) atoms. The zero-order valence-electron chi connectivity index (χ0n) is 15.8. The molecule has 1 fully saturated rings. The molecule has 2 aromatic heterocycles. The van der Waals surface area contributed by atoms with Crippen molar-refractivity contribution in [3.05, 3.63) is 50.6 Å². The number of aromatic nitrogens is 1. The van der Waals surface area contributed by atoms with Crippen LogP contribution >= 0.6 is 34.3 Å². The molecular formula is C20H23ClN4OS2. The Hall–Kier alpha value is -1.51. The van der Waals surface area contributed by atoms with Crippen LogP contribution in [0.1, 0.15) is 9.88 Å². The fourth-order valence-electron chi connectivity index (χ4n) is 3.36. The van der Waals surface area contributed by atoms with Crippen LogP contribution in [0.4, 0.5) is 0 Å². The summed E-state index contributed by atoms with van der Waals surface area (Å²) in [5.74, 6) is 0.157. The number of amides is 1. The molecule has 0 aliphatic carbocycles. The molecule has 0 radical (unpaired) electrons. The van der Waals surface area contributed by atoms with E-state index in [1.54, 1.807) is 16.2 Å². The number of hydrogen-bond acceptors (Lipinski definition) is 6. The van der Waals surface area contributed by atoms with Crippen LogP contribution in [-0.2, 0) is 17.9 Å². The third-order valence-electron chi connectivity index (χ3n) is 4.97. The average Bonchev–Trinajstić information content (AvgIpc) is 3.28. The average molecular weight is 435 g/mol. The molecule has 1 aliphatic rings. The Morgan fingerprint density at radius 3 is 2.57 bits per heavy atom. The monoisotopic (exact) mass is 434 g/mol. The number of thiophene rings is 1. The van der Waals surface area contributed by atoms with E-state index in [1.807, 2.05) is 25.2 Å². The van der Waals surface area contributed by atoms with Crippen LogP contribution in [0.25, 0.3) is 10.2 Å². The Kier molecular flexibility index (Phi) is 6.28. The van der Waals surface area contributed by atoms with E-state index < -0.39 is 0 Å². The maximum Gasteiger partial charge on any atom is 0.236 e. The first-order chi connectivity index (χ1) is 13.6. The third-order valence-corrected chi connectivity index (χ3v) is 7.21. The molecular weight excluding hydrogens is 412 g/mol. The second-order valence-corrected chi connectivity index (χ2v) is 10.00. The smallest absolute Gasteiger partial charge is 0.236 e. The maximum atomic E-state index is 12.5. The number of carbonyl (C=O) groups excluding carboxylic acids is 1. The minimum absolute atomic E-state index is 0.157. The molecule has 0 bridgehead atoms. The number of benzene rings is 1. The summed E-state index contributed by atoms with van der Waals surface area (Å²) >= 11 is 9.27. The van der Waals surface area contributed by atoms with Crippen LogP contribution in [-0.4, -0.2) is 65.4 Å². The van der Waals surface area contributed by atoms with E-state index in [-0.39, 0.29) is 5.91 Å². The number of likely N-dealkylation sites (N-methyl/N-ethyl adjacent to an activating group) is 1. The zero-order chi connectivity index (χ0) is 19.5. The van der Waals surface area contributed by atoms with E-state index in [0.29, 0.717) is 13.1 Å². The number of nitrogens with zero attached hydrogens (tertiary/aromatic N) is 4. The lowest BCUT2D eigenvalue weighted by Crippen LogP contribution is -2.49. The summed E-state index contributed by atoms with van der Waals surface area (Å²) < 4.78 is 2.01. The summed E-state index contributed by atoms with van der Waals surface area (Å²) in [5, 5.41) is 1.17. The first kappa shape index (κ1) is 19.8. The summed E-state index contributed by atoms with van der Waals surface area (Å²) in [5.41, 5.74) is 1.08. The van der Waals surface area contributed by atoms with Crippen LogP contribution in [0, 0.1) is 0 Å². The lowest BCUT2D eigenvalue weighted by molar-refractivity contribution is -0.132. The second-order valence-electron chi connectivity index (χ2n) is 7.08. The number of halogens is 1. The predicted molar refractivity (Wildman–Crippen MR) is 117 cm³/mol. The molecule has 0 saturated carbocycles. The van der Waals surface area contributed by atoms with Crippen LogP contribution < -0.4 is 0 Å². The van der Waals surface area contributed by atoms with Gasteiger partial charge in [0.15, 0.2) is 0 Å². The van der Waals surface area contributed by atoms with Crippen molar-refractivity contribution in [1.82, 2.24) is 19.7 Å². The van der Waals surface area contributed by atoms with Gasteiger partial charge in [0, 0.05) is 38.1 Å². The van der Waals surface area contributed by atoms with Gasteiger partial charge in [-0.2, -0.15) is 0 Å². The number of hydrogen-bond donors (Lipinski definition) is 0. The first-order valence-corrected chi connectivity index (χ1v) is 11.4. The Bertz CT molecular complexity index is 915. The van der Waals surface area contributed by atoms with Gasteiger partial charge in [0.2, 0.25) is 5.91 Å². The third kappa shape index (κ3) is 4.90. The highest BCUT2D eigenvalue weighted by Crippen LogP contribution is 2.24. The topological polar surface area (TPSA) is 39.7 Å². The van der Waals surface area contributed by atoms with Gasteiger partial charge in [0.1, 0.15) is 5.01 Å². The normalized spacial score (nSPS) is 15.9. The van der Waals surface area contributed by atoms with Gasteiger partial charge >= 0.3 is 0 Å². The molecule has 8 heteroatoms. The van der Waals surface area contributed by atoms with Crippen molar-refractivity contribution in [2.24, 2.45) is 0 Å². The van der Waals surface area contributed by atoms with Crippen molar-refractivity contribution in [2.75, 3.05) is 39.8 Å². The van der Waals surface area contributed by atoms with Crippen LogP contribution in [0.3, 0.4) is 0 Å². The number of carbonyl (C=O) groups is 1. The van der Waals surface area contributed by atoms with E-state index >= 15 is 0 Å². The molecule has 1 aromatic carbocycles. The molecule has 5 nitrogen and oxygen atoms in total. The van der Waals surface area contributed by atoms with Crippen molar-refractivity contribution < 1.29 is 4.79 Å². The Morgan fingerprint density at radius 2 is 1.86 bits per heavy atom. The van der Waals surface area contributed by atoms with Crippen LogP contribution in [0.15, 0.2) is 36.4 Å². The summed E-state index contributed by atoms with van der Waals surface area (Å²) in [4.78, 5) is 24.8. The summed E-state index contributed by atoms with van der Waals surface area (Å²) in [7, 11) is 1.86. The second kappa shape index (κ2) is 8.88. The van der Waals surface area contributed by atoms with Gasteiger partial charge in [-0.3, -0.25) is 14.6 Å². The van der Waals surface area contributed by atoms with Gasteiger partial charge in [0.25, 0.3) is 0 Å². The summed E-state index contributed by atoms with van der Waals surface area (Å²) in [6.45, 7) is 5.74. The number of rotatable bonds is 6. The van der Waals surface area contributed by atoms with Gasteiger partial charge in [-0.1, -0.05) is 23.7 Å². The molecule has 1 aliphatic heterocycles. The van der Waals surface area contributed by atoms with Crippen molar-refractivity contribution in [3.63, 3.8) is 0 Å². The van der Waals surface area contributed by atoms with E-state index in [2.05, 4.69) is 28.0 Å². The Balaban J connectivity index is 1.24. The Morgan fingerprint density at radius 1 is 1.11 bits per heavy atom. The summed E-state index contributed by atoms with van der Waals surface area (Å²) in [6, 6.07) is 12.2. The minimum Gasteiger partial charge on any atom is -0.340 e. The molecule has 148 valence electrons. The molecule has 3 heterocycles. The van der Waals surface area contributed by atoms with E-state index in [9.17, 15) is 4.79 Å². The fraction of sp³-hybridized carbons (Fsp3) is 0.400. The van der Waals surface area contributed by atoms with Crippen molar-refractivity contribution in [1.29, 1.82) is 0 Å². The van der Waals surface area contributed by atoms with E-state index in [1.165, 1.54) is 21.0 Å². The summed E-state index contributed by atoms with van der Waals surface area (Å²) in [6.07, 6.45) is 0. The van der Waals surface area contributed by atoms with Crippen LogP contribution in [0.5, 0.6) is 0 Å². The SMILES string of the molecule is CN(Cc1ccc(Cl)s1)C(=O)CN1CCN(Cc2nc3ccccc3s2)CC1. The molecule has 3 aromatic rings. The first-order valence-electron chi connectivity index (χ1n) is 9.34. The highest BCUT2D eigenvalue weighted by Gasteiger charge is 2.21. The van der Waals surface area contributed by atoms with E-state index in [0.717, 1.165) is 47.5 Å². The standard InChI is InChI=1S/C20H23ClN4OS2/c1-23(12-15-6-7-18(21)27-15)20(26)14-25-10-8-24(9-11-25)13-19-22-16-4-2-3-5-17(16)28-19/h2-7H,8-14H2,1H3. The molecule has 4 rings (SSSR count). The van der Waals surface area contributed by atoms with Crippen molar-refractivity contribution in [2.45, 2.75) is 13.1 Å². The molecule has 1 amide bonds. The molecule has 1 saturated heterocycles. The predicted octanol–water partition coefficient (Wildman–Crippen LogP) is 3.79. The van der Waals surface area contributed by atoms with Gasteiger partial charge in [-0.25, -0.2) is 4.98 Å². The van der Waals surface area contributed by atoms with Crippen molar-refractivity contribution in [3.8, 4) is 0 Å². The zero-order valence-corrected chi connectivity index (χ0v) is 18.2. The lowest BCUT2D eigenvalue weighted by atomic mass is 10.3. The largest absolute Gasteiger partial charge is 0.340 e. The van der Waals surface area contributed by atoms with Crippen LogP contribution in [0.2, 0.25) is 4.34 Å². The molecule has 0 N–H and O–H groups in total. The van der Waals surface area contributed by atoms with Crippen molar-refractivity contribution >= 4 is 50.4 Å². The number of fused-ring (bicyclic) bond motifs is 1. The quantitative estimate of drug-likeness (QED) is 0.591. The number of thiazole rings is 1. The number of para-hydroxylation sites is 1. The van der Waals surface area contributed by atoms with E-state index in [4.69, 9.17) is 16.6 Å². The van der Waals surface area contributed by atoms with Gasteiger partial charge in [-0.15, -0.1) is 22.7 Å². The Labute approximate surface area is 178 Å². The van der Waals surface area contributed by atoms with Gasteiger partial charge < -0.3 is 4.90 Å². The highest BCUT2D eigenvalue weighted by atomic mass is 35.5. The van der Waals surface area contributed by atoms with Gasteiger partial charge in [-0.05, 0) is 24.3 Å². The lowest BCUT2D eigenvalue weighted by Gasteiger charge is -2.34. The fourth-order valence-corrected chi connectivity index (χ4v) is 5.51. The van der Waals surface area contributed by atoms with Gasteiger partial charge in [0.05, 0.1) is 34.2 Å². The number of piperazine rings is 1. The molecule has 0 spiro atoms. The minimum atomic E-state index is 0.157. The maximum absolute atomic E-state index is 12.5. The highest BCUT2D eigenvalue weighted by molar-refractivity contribution is 7.18. The molecule has 0 unspecified atom stereocenters. The molecule has 0 atom stereocenters.